The number of rotatable bonds is 3. The first-order valence-corrected chi connectivity index (χ1v) is 7.53. The van der Waals surface area contributed by atoms with Gasteiger partial charge < -0.3 is 5.73 Å². The van der Waals surface area contributed by atoms with Gasteiger partial charge in [-0.3, -0.25) is 0 Å². The highest BCUT2D eigenvalue weighted by Gasteiger charge is 2.03. The van der Waals surface area contributed by atoms with Gasteiger partial charge >= 0.3 is 0 Å². The van der Waals surface area contributed by atoms with Crippen LogP contribution < -0.4 is 5.73 Å². The highest BCUT2D eigenvalue weighted by atomic mass is 79.9. The molecule has 0 aliphatic carbocycles. The van der Waals surface area contributed by atoms with Crippen LogP contribution in [0.15, 0.2) is 39.0 Å². The minimum absolute atomic E-state index is 0.863. The zero-order valence-electron chi connectivity index (χ0n) is 8.87. The third kappa shape index (κ3) is 2.81. The smallest absolute Gasteiger partial charge is 0.0344 e. The van der Waals surface area contributed by atoms with E-state index < -0.39 is 0 Å². The zero-order chi connectivity index (χ0) is 11.5. The molecule has 1 aromatic heterocycles. The molecular formula is C12H12BrNS2. The molecule has 2 aromatic rings. The Kier molecular flexibility index (Phi) is 3.95. The van der Waals surface area contributed by atoms with E-state index in [0.717, 1.165) is 17.0 Å². The van der Waals surface area contributed by atoms with Crippen LogP contribution in [0.4, 0.5) is 5.69 Å². The van der Waals surface area contributed by atoms with E-state index in [1.807, 2.05) is 24.8 Å². The van der Waals surface area contributed by atoms with Crippen molar-refractivity contribution in [1.29, 1.82) is 0 Å². The molecule has 0 amide bonds. The number of hydrogen-bond donors (Lipinski definition) is 1. The van der Waals surface area contributed by atoms with Crippen molar-refractivity contribution in [3.8, 4) is 0 Å². The summed E-state index contributed by atoms with van der Waals surface area (Å²) in [5.74, 6) is 1.00. The van der Waals surface area contributed by atoms with Gasteiger partial charge in [0.25, 0.3) is 0 Å². The minimum Gasteiger partial charge on any atom is -0.399 e. The predicted molar refractivity (Wildman–Crippen MR) is 77.2 cm³/mol. The molecule has 16 heavy (non-hydrogen) atoms. The Balaban J connectivity index is 2.05. The maximum atomic E-state index is 5.79. The molecule has 0 saturated carbocycles. The average molecular weight is 314 g/mol. The van der Waals surface area contributed by atoms with E-state index in [2.05, 4.69) is 39.5 Å². The number of aryl methyl sites for hydroxylation is 1. The van der Waals surface area contributed by atoms with Crippen LogP contribution >= 0.6 is 39.0 Å². The lowest BCUT2D eigenvalue weighted by Gasteiger charge is -2.04. The fourth-order valence-corrected chi connectivity index (χ4v) is 4.10. The van der Waals surface area contributed by atoms with E-state index in [1.54, 1.807) is 11.3 Å². The van der Waals surface area contributed by atoms with Crippen molar-refractivity contribution >= 4 is 44.7 Å². The predicted octanol–water partition coefficient (Wildman–Crippen LogP) is 4.69. The molecule has 1 heterocycles. The molecule has 0 bridgehead atoms. The van der Waals surface area contributed by atoms with E-state index in [4.69, 9.17) is 5.73 Å². The maximum Gasteiger partial charge on any atom is 0.0344 e. The van der Waals surface area contributed by atoms with Gasteiger partial charge in [0.1, 0.15) is 0 Å². The second-order valence-electron chi connectivity index (χ2n) is 3.50. The molecular weight excluding hydrogens is 302 g/mol. The van der Waals surface area contributed by atoms with Gasteiger partial charge in [-0.25, -0.2) is 0 Å². The van der Waals surface area contributed by atoms with Gasteiger partial charge in [-0.2, -0.15) is 0 Å². The molecule has 0 radical (unpaired) electrons. The lowest BCUT2D eigenvalue weighted by atomic mass is 10.2. The number of hydrogen-bond acceptors (Lipinski definition) is 3. The maximum absolute atomic E-state index is 5.79. The molecule has 1 aromatic carbocycles. The van der Waals surface area contributed by atoms with Gasteiger partial charge in [0.05, 0.1) is 0 Å². The largest absolute Gasteiger partial charge is 0.399 e. The van der Waals surface area contributed by atoms with Crippen LogP contribution in [0.3, 0.4) is 0 Å². The third-order valence-corrected chi connectivity index (χ3v) is 5.43. The number of nitrogen functional groups attached to an aromatic ring is 1. The average Bonchev–Trinajstić information content (AvgIpc) is 2.66. The summed E-state index contributed by atoms with van der Waals surface area (Å²) in [6.07, 6.45) is 0. The summed E-state index contributed by atoms with van der Waals surface area (Å²) in [5.41, 5.74) is 7.80. The van der Waals surface area contributed by atoms with Crippen LogP contribution in [0.1, 0.15) is 10.4 Å². The van der Waals surface area contributed by atoms with E-state index in [0.29, 0.717) is 0 Å². The molecule has 4 heteroatoms. The van der Waals surface area contributed by atoms with Crippen molar-refractivity contribution < 1.29 is 0 Å². The number of nitrogens with two attached hydrogens (primary N) is 1. The Hall–Kier alpha value is -0.450. The summed E-state index contributed by atoms with van der Waals surface area (Å²) >= 11 is 7.17. The lowest BCUT2D eigenvalue weighted by molar-refractivity contribution is 1.35. The number of halogens is 1. The van der Waals surface area contributed by atoms with Crippen molar-refractivity contribution in [3.05, 3.63) is 44.6 Å². The highest BCUT2D eigenvalue weighted by molar-refractivity contribution is 9.10. The Morgan fingerprint density at radius 2 is 2.19 bits per heavy atom. The molecule has 0 fully saturated rings. The topological polar surface area (TPSA) is 26.0 Å². The Bertz CT molecular complexity index is 494. The van der Waals surface area contributed by atoms with Crippen molar-refractivity contribution in [1.82, 2.24) is 0 Å². The number of thiophene rings is 1. The normalized spacial score (nSPS) is 10.6. The van der Waals surface area contributed by atoms with Crippen LogP contribution in [0.5, 0.6) is 0 Å². The lowest BCUT2D eigenvalue weighted by Crippen LogP contribution is -1.88. The third-order valence-electron chi connectivity index (χ3n) is 2.30. The number of anilines is 1. The molecule has 2 rings (SSSR count). The van der Waals surface area contributed by atoms with Crippen molar-refractivity contribution in [2.24, 2.45) is 0 Å². The Morgan fingerprint density at radius 3 is 2.81 bits per heavy atom. The SMILES string of the molecule is Cc1cc(SCc2sccc2Br)ccc1N. The molecule has 0 unspecified atom stereocenters. The first-order chi connectivity index (χ1) is 7.66. The highest BCUT2D eigenvalue weighted by Crippen LogP contribution is 2.31. The van der Waals surface area contributed by atoms with Gasteiger partial charge in [0.15, 0.2) is 0 Å². The van der Waals surface area contributed by atoms with Gasteiger partial charge in [0, 0.05) is 25.7 Å². The Morgan fingerprint density at radius 1 is 1.38 bits per heavy atom. The molecule has 0 atom stereocenters. The standard InChI is InChI=1S/C12H12BrNS2/c1-8-6-9(2-3-11(8)14)16-7-12-10(13)4-5-15-12/h2-6H,7,14H2,1H3. The van der Waals surface area contributed by atoms with Gasteiger partial charge in [-0.15, -0.1) is 23.1 Å². The van der Waals surface area contributed by atoms with Gasteiger partial charge in [-0.05, 0) is 58.1 Å². The molecule has 0 saturated heterocycles. The van der Waals surface area contributed by atoms with Crippen LogP contribution in [-0.4, -0.2) is 0 Å². The van der Waals surface area contributed by atoms with Crippen molar-refractivity contribution in [2.45, 2.75) is 17.6 Å². The first kappa shape index (κ1) is 12.0. The summed E-state index contributed by atoms with van der Waals surface area (Å²) < 4.78 is 1.21. The number of thioether (sulfide) groups is 1. The molecule has 2 N–H and O–H groups in total. The fraction of sp³-hybridized carbons (Fsp3) is 0.167. The molecule has 1 nitrogen and oxygen atoms in total. The van der Waals surface area contributed by atoms with Crippen molar-refractivity contribution in [3.63, 3.8) is 0 Å². The summed E-state index contributed by atoms with van der Waals surface area (Å²) in [6, 6.07) is 8.28. The minimum atomic E-state index is 0.863. The zero-order valence-corrected chi connectivity index (χ0v) is 12.1. The summed E-state index contributed by atoms with van der Waals surface area (Å²) in [7, 11) is 0. The van der Waals surface area contributed by atoms with Crippen LogP contribution in [-0.2, 0) is 5.75 Å². The quantitative estimate of drug-likeness (QED) is 0.657. The Labute approximate surface area is 112 Å². The molecule has 0 aliphatic rings. The van der Waals surface area contributed by atoms with Crippen LogP contribution in [0.2, 0.25) is 0 Å². The van der Waals surface area contributed by atoms with Crippen LogP contribution in [0, 0.1) is 6.92 Å². The van der Waals surface area contributed by atoms with E-state index in [-0.39, 0.29) is 0 Å². The first-order valence-electron chi connectivity index (χ1n) is 4.87. The van der Waals surface area contributed by atoms with Crippen LogP contribution in [0.25, 0.3) is 0 Å². The molecule has 0 spiro atoms. The molecule has 84 valence electrons. The van der Waals surface area contributed by atoms with Gasteiger partial charge in [0.2, 0.25) is 0 Å². The monoisotopic (exact) mass is 313 g/mol. The van der Waals surface area contributed by atoms with Crippen molar-refractivity contribution in [2.75, 3.05) is 5.73 Å². The summed E-state index contributed by atoms with van der Waals surface area (Å²) in [5, 5.41) is 2.11. The fourth-order valence-electron chi connectivity index (χ4n) is 1.31. The van der Waals surface area contributed by atoms with E-state index in [1.165, 1.54) is 14.2 Å². The summed E-state index contributed by atoms with van der Waals surface area (Å²) in [4.78, 5) is 2.64. The molecule has 0 aliphatic heterocycles. The second-order valence-corrected chi connectivity index (χ2v) is 6.40. The second kappa shape index (κ2) is 5.25. The van der Waals surface area contributed by atoms with E-state index >= 15 is 0 Å². The van der Waals surface area contributed by atoms with Gasteiger partial charge in [-0.1, -0.05) is 0 Å². The van der Waals surface area contributed by atoms with E-state index in [9.17, 15) is 0 Å². The summed E-state index contributed by atoms with van der Waals surface area (Å²) in [6.45, 7) is 2.04. The number of benzene rings is 1.